The number of nitrogens with zero attached hydrogens (tertiary/aromatic N) is 2. The van der Waals surface area contributed by atoms with Crippen LogP contribution in [-0.2, 0) is 17.8 Å². The Bertz CT molecular complexity index is 817. The van der Waals surface area contributed by atoms with E-state index in [4.69, 9.17) is 0 Å². The van der Waals surface area contributed by atoms with Gasteiger partial charge in [0.25, 0.3) is 11.2 Å². The van der Waals surface area contributed by atoms with Crippen molar-refractivity contribution in [1.82, 2.24) is 9.88 Å². The summed E-state index contributed by atoms with van der Waals surface area (Å²) in [7, 11) is 0. The van der Waals surface area contributed by atoms with Crippen LogP contribution in [0, 0.1) is 10.1 Å². The highest BCUT2D eigenvalue weighted by molar-refractivity contribution is 9.10. The predicted molar refractivity (Wildman–Crippen MR) is 97.4 cm³/mol. The van der Waals surface area contributed by atoms with E-state index < -0.39 is 10.5 Å². The minimum absolute atomic E-state index is 0.0782. The van der Waals surface area contributed by atoms with Gasteiger partial charge in [0.2, 0.25) is 5.91 Å². The quantitative estimate of drug-likeness (QED) is 0.563. The third kappa shape index (κ3) is 5.82. The molecule has 0 aliphatic carbocycles. The van der Waals surface area contributed by atoms with E-state index in [0.717, 1.165) is 40.2 Å². The molecule has 1 N–H and O–H groups in total. The van der Waals surface area contributed by atoms with Crippen LogP contribution in [0.2, 0.25) is 0 Å². The van der Waals surface area contributed by atoms with Crippen LogP contribution in [0.4, 0.5) is 5.69 Å². The van der Waals surface area contributed by atoms with E-state index in [1.165, 1.54) is 5.56 Å². The fourth-order valence-corrected chi connectivity index (χ4v) is 2.60. The van der Waals surface area contributed by atoms with E-state index in [9.17, 15) is 19.7 Å². The summed E-state index contributed by atoms with van der Waals surface area (Å²) in [4.78, 5) is 33.9. The van der Waals surface area contributed by atoms with Crippen LogP contribution in [0.25, 0.3) is 0 Å². The molecule has 0 bridgehead atoms. The maximum Gasteiger partial charge on any atom is 0.285 e. The number of nitro groups is 1. The van der Waals surface area contributed by atoms with Crippen molar-refractivity contribution < 1.29 is 9.72 Å². The fourth-order valence-electron chi connectivity index (χ4n) is 2.33. The van der Waals surface area contributed by atoms with Gasteiger partial charge in [-0.2, -0.15) is 0 Å². The number of pyridine rings is 1. The highest BCUT2D eigenvalue weighted by Gasteiger charge is 2.12. The summed E-state index contributed by atoms with van der Waals surface area (Å²) in [5, 5.41) is 13.6. The van der Waals surface area contributed by atoms with Gasteiger partial charge < -0.3 is 5.32 Å². The summed E-state index contributed by atoms with van der Waals surface area (Å²) in [6.45, 7) is 1.64. The number of rotatable bonds is 7. The third-order valence-electron chi connectivity index (χ3n) is 3.68. The van der Waals surface area contributed by atoms with Crippen LogP contribution in [-0.4, -0.2) is 21.4 Å². The van der Waals surface area contributed by atoms with Crippen LogP contribution >= 0.6 is 15.9 Å². The number of halogens is 1. The van der Waals surface area contributed by atoms with Gasteiger partial charge >= 0.3 is 0 Å². The number of carbonyl (C=O) groups excluding carboxylic acids is 1. The molecule has 1 atom stereocenters. The molecule has 0 saturated carbocycles. The topological polar surface area (TPSA) is 94.2 Å². The first-order valence-corrected chi connectivity index (χ1v) is 8.53. The molecule has 0 fully saturated rings. The molecule has 0 radical (unpaired) electrons. The molecule has 0 aliphatic heterocycles. The first-order chi connectivity index (χ1) is 11.8. The zero-order chi connectivity index (χ0) is 18.4. The minimum atomic E-state index is -0.602. The Morgan fingerprint density at radius 1 is 1.28 bits per heavy atom. The molecule has 1 unspecified atom stereocenters. The van der Waals surface area contributed by atoms with Gasteiger partial charge in [-0.25, -0.2) is 0 Å². The Morgan fingerprint density at radius 3 is 2.60 bits per heavy atom. The Kier molecular flexibility index (Phi) is 6.46. The maximum atomic E-state index is 12.1. The number of nitrogens with one attached hydrogen (secondary N) is 1. The number of hydrogen-bond acceptors (Lipinski definition) is 4. The number of aromatic nitrogens is 1. The van der Waals surface area contributed by atoms with Crippen molar-refractivity contribution in [3.63, 3.8) is 0 Å². The molecule has 0 spiro atoms. The smallest absolute Gasteiger partial charge is 0.285 e. The largest absolute Gasteiger partial charge is 0.352 e. The average Bonchev–Trinajstić information content (AvgIpc) is 2.56. The highest BCUT2D eigenvalue weighted by Crippen LogP contribution is 2.12. The van der Waals surface area contributed by atoms with Gasteiger partial charge in [-0.3, -0.25) is 24.3 Å². The Hall–Kier alpha value is -2.48. The van der Waals surface area contributed by atoms with E-state index in [2.05, 4.69) is 21.2 Å². The molecule has 1 aromatic heterocycles. The van der Waals surface area contributed by atoms with Crippen LogP contribution in [0.3, 0.4) is 0 Å². The Balaban J connectivity index is 1.89. The molecule has 1 heterocycles. The van der Waals surface area contributed by atoms with E-state index in [0.29, 0.717) is 0 Å². The molecule has 2 rings (SSSR count). The first kappa shape index (κ1) is 18.9. The van der Waals surface area contributed by atoms with Gasteiger partial charge in [-0.15, -0.1) is 0 Å². The van der Waals surface area contributed by atoms with Gasteiger partial charge in [-0.1, -0.05) is 28.1 Å². The van der Waals surface area contributed by atoms with E-state index in [-0.39, 0.29) is 24.2 Å². The van der Waals surface area contributed by atoms with Crippen molar-refractivity contribution in [2.45, 2.75) is 32.4 Å². The molecule has 0 saturated heterocycles. The van der Waals surface area contributed by atoms with Crippen LogP contribution in [0.15, 0.2) is 51.9 Å². The zero-order valence-corrected chi connectivity index (χ0v) is 15.2. The summed E-state index contributed by atoms with van der Waals surface area (Å²) in [5.41, 5.74) is 0.484. The van der Waals surface area contributed by atoms with E-state index in [1.807, 2.05) is 31.2 Å². The van der Waals surface area contributed by atoms with Gasteiger partial charge in [0.05, 0.1) is 11.1 Å². The molecule has 25 heavy (non-hydrogen) atoms. The summed E-state index contributed by atoms with van der Waals surface area (Å²) < 4.78 is 2.05. The van der Waals surface area contributed by atoms with Gasteiger partial charge in [-0.05, 0) is 37.5 Å². The molecule has 8 heteroatoms. The second-order valence-electron chi connectivity index (χ2n) is 5.74. The minimum Gasteiger partial charge on any atom is -0.352 e. The monoisotopic (exact) mass is 407 g/mol. The van der Waals surface area contributed by atoms with Crippen LogP contribution < -0.4 is 10.9 Å². The van der Waals surface area contributed by atoms with Crippen molar-refractivity contribution in [3.05, 3.63) is 73.1 Å². The zero-order valence-electron chi connectivity index (χ0n) is 13.6. The van der Waals surface area contributed by atoms with Crippen molar-refractivity contribution in [1.29, 1.82) is 0 Å². The van der Waals surface area contributed by atoms with E-state index in [1.54, 1.807) is 0 Å². The van der Waals surface area contributed by atoms with Crippen LogP contribution in [0.1, 0.15) is 18.9 Å². The summed E-state index contributed by atoms with van der Waals surface area (Å²) in [6.07, 6.45) is 2.64. The van der Waals surface area contributed by atoms with Crippen molar-refractivity contribution in [2.24, 2.45) is 0 Å². The SMILES string of the molecule is CC(CCc1ccc(Br)cc1)NC(=O)Cn1cc([N+](=O)[O-])ccc1=O. The first-order valence-electron chi connectivity index (χ1n) is 7.74. The Labute approximate surface area is 153 Å². The number of benzene rings is 1. The second-order valence-corrected chi connectivity index (χ2v) is 6.66. The fraction of sp³-hybridized carbons (Fsp3) is 0.294. The Morgan fingerprint density at radius 2 is 1.96 bits per heavy atom. The summed E-state index contributed by atoms with van der Waals surface area (Å²) in [6, 6.07) is 10.1. The second kappa shape index (κ2) is 8.57. The number of amides is 1. The highest BCUT2D eigenvalue weighted by atomic mass is 79.9. The summed E-state index contributed by atoms with van der Waals surface area (Å²) in [5.74, 6) is -0.356. The molecular formula is C17H18BrN3O4. The molecule has 1 aromatic carbocycles. The molecule has 0 aliphatic rings. The van der Waals surface area contributed by atoms with Crippen molar-refractivity contribution >= 4 is 27.5 Å². The van der Waals surface area contributed by atoms with Crippen molar-refractivity contribution in [2.75, 3.05) is 0 Å². The lowest BCUT2D eigenvalue weighted by Crippen LogP contribution is -2.37. The van der Waals surface area contributed by atoms with Gasteiger partial charge in [0.15, 0.2) is 0 Å². The molecular weight excluding hydrogens is 390 g/mol. The number of aryl methyl sites for hydroxylation is 1. The number of carbonyl (C=O) groups is 1. The van der Waals surface area contributed by atoms with Crippen LogP contribution in [0.5, 0.6) is 0 Å². The molecule has 7 nitrogen and oxygen atoms in total. The lowest BCUT2D eigenvalue weighted by Gasteiger charge is -2.14. The molecule has 1 amide bonds. The normalized spacial score (nSPS) is 11.8. The van der Waals surface area contributed by atoms with Gasteiger partial charge in [0.1, 0.15) is 6.54 Å². The van der Waals surface area contributed by atoms with Gasteiger partial charge in [0, 0.05) is 22.6 Å². The standard InChI is InChI=1S/C17H18BrN3O4/c1-12(2-3-13-4-6-14(18)7-5-13)19-16(22)11-20-10-15(21(24)25)8-9-17(20)23/h4-10,12H,2-3,11H2,1H3,(H,19,22). The average molecular weight is 408 g/mol. The lowest BCUT2D eigenvalue weighted by molar-refractivity contribution is -0.385. The molecule has 2 aromatic rings. The number of hydrogen-bond donors (Lipinski definition) is 1. The third-order valence-corrected chi connectivity index (χ3v) is 4.21. The predicted octanol–water partition coefficient (Wildman–Crippen LogP) is 2.66. The van der Waals surface area contributed by atoms with E-state index >= 15 is 0 Å². The lowest BCUT2D eigenvalue weighted by atomic mass is 10.1. The van der Waals surface area contributed by atoms with Crippen molar-refractivity contribution in [3.8, 4) is 0 Å². The maximum absolute atomic E-state index is 12.1. The summed E-state index contributed by atoms with van der Waals surface area (Å²) >= 11 is 3.38. The molecule has 132 valence electrons.